The molecule has 23 heavy (non-hydrogen) atoms. The Hall–Kier alpha value is -1.84. The van der Waals surface area contributed by atoms with E-state index in [1.54, 1.807) is 0 Å². The summed E-state index contributed by atoms with van der Waals surface area (Å²) in [6.07, 6.45) is 6.33. The molecule has 0 unspecified atom stereocenters. The third-order valence-corrected chi connectivity index (χ3v) is 5.26. The van der Waals surface area contributed by atoms with Crippen LogP contribution in [0.3, 0.4) is 0 Å². The molecule has 3 atom stereocenters. The average molecular weight is 315 g/mol. The van der Waals surface area contributed by atoms with E-state index < -0.39 is 0 Å². The van der Waals surface area contributed by atoms with Crippen LogP contribution in [0.15, 0.2) is 30.3 Å². The number of benzene rings is 1. The van der Waals surface area contributed by atoms with E-state index in [-0.39, 0.29) is 18.5 Å². The minimum atomic E-state index is -0.222. The van der Waals surface area contributed by atoms with Crippen LogP contribution < -0.4 is 5.32 Å². The molecular weight excluding hydrogens is 290 g/mol. The summed E-state index contributed by atoms with van der Waals surface area (Å²) < 4.78 is 5.13. The van der Waals surface area contributed by atoms with E-state index in [1.807, 2.05) is 30.3 Å². The fraction of sp³-hybridized carbons (Fsp3) is 0.579. The SMILES string of the molecule is O=C(COC(=O)C[C@@H]1C[C@H]2CC[C@@H]1C2)NCCc1ccccc1. The Kier molecular flexibility index (Phi) is 5.31. The van der Waals surface area contributed by atoms with Gasteiger partial charge in [0.1, 0.15) is 0 Å². The number of carbonyl (C=O) groups excluding carboxylic acids is 2. The minimum absolute atomic E-state index is 0.158. The van der Waals surface area contributed by atoms with Gasteiger partial charge in [0.05, 0.1) is 0 Å². The van der Waals surface area contributed by atoms with Gasteiger partial charge in [0, 0.05) is 13.0 Å². The highest BCUT2D eigenvalue weighted by Gasteiger charge is 2.40. The van der Waals surface area contributed by atoms with Gasteiger partial charge in [-0.1, -0.05) is 36.8 Å². The Labute approximate surface area is 137 Å². The van der Waals surface area contributed by atoms with Gasteiger partial charge in [0.25, 0.3) is 5.91 Å². The summed E-state index contributed by atoms with van der Waals surface area (Å²) >= 11 is 0. The Bertz CT molecular complexity index is 543. The molecule has 2 bridgehead atoms. The zero-order chi connectivity index (χ0) is 16.1. The van der Waals surface area contributed by atoms with E-state index in [0.29, 0.717) is 24.8 Å². The van der Waals surface area contributed by atoms with Crippen LogP contribution in [-0.2, 0) is 20.7 Å². The molecule has 1 aromatic carbocycles. The van der Waals surface area contributed by atoms with E-state index >= 15 is 0 Å². The maximum absolute atomic E-state index is 11.9. The number of hydrogen-bond acceptors (Lipinski definition) is 3. The maximum atomic E-state index is 11.9. The fourth-order valence-corrected chi connectivity index (χ4v) is 4.09. The molecule has 124 valence electrons. The molecule has 0 radical (unpaired) electrons. The van der Waals surface area contributed by atoms with Crippen LogP contribution in [-0.4, -0.2) is 25.0 Å². The Morgan fingerprint density at radius 2 is 1.96 bits per heavy atom. The molecule has 4 nitrogen and oxygen atoms in total. The number of rotatable bonds is 7. The lowest BCUT2D eigenvalue weighted by Gasteiger charge is -2.20. The van der Waals surface area contributed by atoms with Gasteiger partial charge in [-0.15, -0.1) is 0 Å². The molecule has 2 aliphatic carbocycles. The largest absolute Gasteiger partial charge is 0.456 e. The summed E-state index contributed by atoms with van der Waals surface area (Å²) in [5, 5.41) is 2.79. The van der Waals surface area contributed by atoms with E-state index in [2.05, 4.69) is 5.32 Å². The van der Waals surface area contributed by atoms with Crippen molar-refractivity contribution in [3.63, 3.8) is 0 Å². The normalized spacial score (nSPS) is 25.3. The molecule has 0 heterocycles. The summed E-state index contributed by atoms with van der Waals surface area (Å²) in [7, 11) is 0. The van der Waals surface area contributed by atoms with E-state index in [1.165, 1.54) is 31.2 Å². The molecule has 1 N–H and O–H groups in total. The second-order valence-corrected chi connectivity index (χ2v) is 6.89. The first-order valence-electron chi connectivity index (χ1n) is 8.67. The summed E-state index contributed by atoms with van der Waals surface area (Å²) in [5.74, 6) is 1.59. The van der Waals surface area contributed by atoms with Gasteiger partial charge < -0.3 is 10.1 Å². The van der Waals surface area contributed by atoms with Crippen molar-refractivity contribution in [3.05, 3.63) is 35.9 Å². The summed E-state index contributed by atoms with van der Waals surface area (Å²) in [6.45, 7) is 0.404. The molecule has 2 saturated carbocycles. The average Bonchev–Trinajstić information content (AvgIpc) is 3.17. The van der Waals surface area contributed by atoms with Crippen LogP contribution in [0.2, 0.25) is 0 Å². The van der Waals surface area contributed by atoms with E-state index in [9.17, 15) is 9.59 Å². The van der Waals surface area contributed by atoms with Crippen molar-refractivity contribution < 1.29 is 14.3 Å². The van der Waals surface area contributed by atoms with Crippen molar-refractivity contribution in [2.45, 2.75) is 38.5 Å². The highest BCUT2D eigenvalue weighted by Crippen LogP contribution is 2.49. The number of esters is 1. The topological polar surface area (TPSA) is 55.4 Å². The van der Waals surface area contributed by atoms with Crippen molar-refractivity contribution in [1.29, 1.82) is 0 Å². The zero-order valence-corrected chi connectivity index (χ0v) is 13.5. The Morgan fingerprint density at radius 3 is 2.65 bits per heavy atom. The van der Waals surface area contributed by atoms with Crippen molar-refractivity contribution in [3.8, 4) is 0 Å². The second-order valence-electron chi connectivity index (χ2n) is 6.89. The summed E-state index contributed by atoms with van der Waals surface area (Å²) in [5.41, 5.74) is 1.18. The van der Waals surface area contributed by atoms with E-state index in [0.717, 1.165) is 12.3 Å². The van der Waals surface area contributed by atoms with Gasteiger partial charge in [-0.2, -0.15) is 0 Å². The van der Waals surface area contributed by atoms with Crippen LogP contribution >= 0.6 is 0 Å². The van der Waals surface area contributed by atoms with Crippen molar-refractivity contribution in [2.75, 3.05) is 13.2 Å². The van der Waals surface area contributed by atoms with Crippen LogP contribution in [0.25, 0.3) is 0 Å². The Morgan fingerprint density at radius 1 is 1.13 bits per heavy atom. The Balaban J connectivity index is 1.29. The van der Waals surface area contributed by atoms with Crippen molar-refractivity contribution in [2.24, 2.45) is 17.8 Å². The zero-order valence-electron chi connectivity index (χ0n) is 13.5. The first kappa shape index (κ1) is 16.0. The van der Waals surface area contributed by atoms with Crippen LogP contribution in [0.5, 0.6) is 0 Å². The van der Waals surface area contributed by atoms with Gasteiger partial charge in [-0.25, -0.2) is 0 Å². The predicted molar refractivity (Wildman–Crippen MR) is 87.7 cm³/mol. The van der Waals surface area contributed by atoms with Crippen LogP contribution in [0, 0.1) is 17.8 Å². The standard InChI is InChI=1S/C19H25NO3/c21-18(20-9-8-14-4-2-1-3-5-14)13-23-19(22)12-17-11-15-6-7-16(17)10-15/h1-5,15-17H,6-13H2,(H,20,21)/t15-,16+,17-/m0/s1. The minimum Gasteiger partial charge on any atom is -0.456 e. The molecule has 0 aliphatic heterocycles. The van der Waals surface area contributed by atoms with E-state index in [4.69, 9.17) is 4.74 Å². The number of fused-ring (bicyclic) bond motifs is 2. The second kappa shape index (κ2) is 7.62. The smallest absolute Gasteiger partial charge is 0.306 e. The predicted octanol–water partition coefficient (Wildman–Crippen LogP) is 2.71. The molecule has 3 rings (SSSR count). The van der Waals surface area contributed by atoms with Gasteiger partial charge in [-0.3, -0.25) is 9.59 Å². The molecule has 4 heteroatoms. The van der Waals surface area contributed by atoms with Crippen molar-refractivity contribution >= 4 is 11.9 Å². The highest BCUT2D eigenvalue weighted by atomic mass is 16.5. The first-order valence-corrected chi connectivity index (χ1v) is 8.67. The third-order valence-electron chi connectivity index (χ3n) is 5.26. The molecule has 2 aliphatic rings. The number of amides is 1. The van der Waals surface area contributed by atoms with Crippen molar-refractivity contribution in [1.82, 2.24) is 5.32 Å². The lowest BCUT2D eigenvalue weighted by atomic mass is 9.86. The number of hydrogen-bond donors (Lipinski definition) is 1. The molecule has 2 fully saturated rings. The maximum Gasteiger partial charge on any atom is 0.306 e. The monoisotopic (exact) mass is 315 g/mol. The van der Waals surface area contributed by atoms with Gasteiger partial charge in [0.2, 0.25) is 0 Å². The molecule has 0 spiro atoms. The molecule has 0 aromatic heterocycles. The molecule has 1 amide bonds. The quantitative estimate of drug-likeness (QED) is 0.787. The van der Waals surface area contributed by atoms with Gasteiger partial charge in [-0.05, 0) is 49.0 Å². The molecular formula is C19H25NO3. The lowest BCUT2D eigenvalue weighted by Crippen LogP contribution is -2.31. The third kappa shape index (κ3) is 4.57. The van der Waals surface area contributed by atoms with Gasteiger partial charge in [0.15, 0.2) is 6.61 Å². The summed E-state index contributed by atoms with van der Waals surface area (Å²) in [4.78, 5) is 23.6. The van der Waals surface area contributed by atoms with Crippen LogP contribution in [0.1, 0.15) is 37.7 Å². The fourth-order valence-electron chi connectivity index (χ4n) is 4.09. The first-order chi connectivity index (χ1) is 11.2. The number of nitrogens with one attached hydrogen (secondary N) is 1. The molecule has 1 aromatic rings. The highest BCUT2D eigenvalue weighted by molar-refractivity contribution is 5.80. The molecule has 0 saturated heterocycles. The van der Waals surface area contributed by atoms with Crippen LogP contribution in [0.4, 0.5) is 0 Å². The van der Waals surface area contributed by atoms with Gasteiger partial charge >= 0.3 is 5.97 Å². The number of carbonyl (C=O) groups is 2. The lowest BCUT2D eigenvalue weighted by molar-refractivity contribution is -0.149. The summed E-state index contributed by atoms with van der Waals surface area (Å²) in [6, 6.07) is 9.99. The number of ether oxygens (including phenoxy) is 1.